The first kappa shape index (κ1) is 22.0. The summed E-state index contributed by atoms with van der Waals surface area (Å²) < 4.78 is 26.9. The van der Waals surface area contributed by atoms with E-state index in [1.54, 1.807) is 28.4 Å². The van der Waals surface area contributed by atoms with E-state index in [0.29, 0.717) is 31.1 Å². The average molecular weight is 390 g/mol. The van der Waals surface area contributed by atoms with E-state index in [9.17, 15) is 5.11 Å². The highest BCUT2D eigenvalue weighted by Crippen LogP contribution is 2.28. The van der Waals surface area contributed by atoms with Gasteiger partial charge in [-0.15, -0.1) is 0 Å². The second kappa shape index (κ2) is 11.5. The second-order valence-electron chi connectivity index (χ2n) is 6.38. The summed E-state index contributed by atoms with van der Waals surface area (Å²) in [6, 6.07) is 13.2. The Morgan fingerprint density at radius 2 is 1.57 bits per heavy atom. The van der Waals surface area contributed by atoms with Crippen LogP contribution >= 0.6 is 0 Å². The Labute approximate surface area is 166 Å². The maximum Gasteiger partial charge on any atom is 0.161 e. The van der Waals surface area contributed by atoms with E-state index in [1.165, 1.54) is 0 Å². The summed E-state index contributed by atoms with van der Waals surface area (Å²) in [7, 11) is 6.45. The fraction of sp³-hybridized carbons (Fsp3) is 0.455. The van der Waals surface area contributed by atoms with Gasteiger partial charge in [-0.25, -0.2) is 0 Å². The maximum atomic E-state index is 10.5. The van der Waals surface area contributed by atoms with E-state index >= 15 is 0 Å². The number of hydrogen-bond acceptors (Lipinski definition) is 6. The molecule has 0 radical (unpaired) electrons. The van der Waals surface area contributed by atoms with Crippen LogP contribution in [0, 0.1) is 0 Å². The first-order valence-corrected chi connectivity index (χ1v) is 9.26. The van der Waals surface area contributed by atoms with Crippen molar-refractivity contribution in [1.82, 2.24) is 0 Å². The van der Waals surface area contributed by atoms with E-state index in [2.05, 4.69) is 0 Å². The van der Waals surface area contributed by atoms with Gasteiger partial charge in [0.1, 0.15) is 11.9 Å². The third kappa shape index (κ3) is 6.12. The van der Waals surface area contributed by atoms with E-state index < -0.39 is 6.10 Å². The SMILES string of the molecule is COc1ccc(C(OC)C(O)CCCOCc2ccc(OC)c(OC)c2)cc1. The molecule has 2 unspecified atom stereocenters. The van der Waals surface area contributed by atoms with Gasteiger partial charge in [-0.3, -0.25) is 0 Å². The largest absolute Gasteiger partial charge is 0.497 e. The molecule has 0 aliphatic carbocycles. The molecule has 0 amide bonds. The highest BCUT2D eigenvalue weighted by molar-refractivity contribution is 5.42. The van der Waals surface area contributed by atoms with Crippen LogP contribution in [0.2, 0.25) is 0 Å². The molecule has 0 fully saturated rings. The van der Waals surface area contributed by atoms with Crippen molar-refractivity contribution < 1.29 is 28.8 Å². The second-order valence-corrected chi connectivity index (χ2v) is 6.38. The van der Waals surface area contributed by atoms with Crippen LogP contribution in [-0.4, -0.2) is 46.3 Å². The summed E-state index contributed by atoms with van der Waals surface area (Å²) in [5.41, 5.74) is 1.92. The summed E-state index contributed by atoms with van der Waals surface area (Å²) in [6.07, 6.45) is 0.320. The van der Waals surface area contributed by atoms with Gasteiger partial charge in [0.15, 0.2) is 11.5 Å². The lowest BCUT2D eigenvalue weighted by atomic mass is 10.0. The quantitative estimate of drug-likeness (QED) is 0.557. The van der Waals surface area contributed by atoms with Gasteiger partial charge in [0, 0.05) is 13.7 Å². The molecule has 6 heteroatoms. The Morgan fingerprint density at radius 3 is 2.18 bits per heavy atom. The van der Waals surface area contributed by atoms with Crippen molar-refractivity contribution in [2.24, 2.45) is 0 Å². The van der Waals surface area contributed by atoms with E-state index in [4.69, 9.17) is 23.7 Å². The minimum Gasteiger partial charge on any atom is -0.497 e. The zero-order valence-electron chi connectivity index (χ0n) is 17.0. The molecule has 0 aromatic heterocycles. The van der Waals surface area contributed by atoms with Gasteiger partial charge < -0.3 is 28.8 Å². The number of hydrogen-bond donors (Lipinski definition) is 1. The lowest BCUT2D eigenvalue weighted by Crippen LogP contribution is -2.20. The molecule has 0 aliphatic rings. The topological polar surface area (TPSA) is 66.4 Å². The molecule has 0 bridgehead atoms. The summed E-state index contributed by atoms with van der Waals surface area (Å²) in [5.74, 6) is 2.15. The number of aliphatic hydroxyl groups excluding tert-OH is 1. The molecule has 154 valence electrons. The molecule has 1 N–H and O–H groups in total. The Bertz CT molecular complexity index is 701. The molecule has 2 rings (SSSR count). The molecule has 6 nitrogen and oxygen atoms in total. The van der Waals surface area contributed by atoms with E-state index in [0.717, 1.165) is 23.3 Å². The van der Waals surface area contributed by atoms with Crippen molar-refractivity contribution >= 4 is 0 Å². The zero-order chi connectivity index (χ0) is 20.4. The average Bonchev–Trinajstić information content (AvgIpc) is 2.74. The van der Waals surface area contributed by atoms with Gasteiger partial charge in [0.2, 0.25) is 0 Å². The molecule has 0 saturated carbocycles. The number of ether oxygens (including phenoxy) is 5. The first-order valence-electron chi connectivity index (χ1n) is 9.26. The number of benzene rings is 2. The smallest absolute Gasteiger partial charge is 0.161 e. The van der Waals surface area contributed by atoms with Gasteiger partial charge in [0.05, 0.1) is 34.0 Å². The molecule has 0 spiro atoms. The van der Waals surface area contributed by atoms with E-state index in [-0.39, 0.29) is 6.10 Å². The Balaban J connectivity index is 1.77. The van der Waals surface area contributed by atoms with Crippen LogP contribution in [0.1, 0.15) is 30.1 Å². The van der Waals surface area contributed by atoms with Crippen molar-refractivity contribution in [2.45, 2.75) is 31.7 Å². The molecular weight excluding hydrogens is 360 g/mol. The lowest BCUT2D eigenvalue weighted by molar-refractivity contribution is -0.0220. The van der Waals surface area contributed by atoms with Crippen LogP contribution in [0.25, 0.3) is 0 Å². The number of methoxy groups -OCH3 is 4. The predicted molar refractivity (Wildman–Crippen MR) is 107 cm³/mol. The standard InChI is InChI=1S/C22H30O6/c1-24-18-10-8-17(9-11-18)22(27-4)19(23)6-5-13-28-15-16-7-12-20(25-2)21(14-16)26-3/h7-12,14,19,22-23H,5-6,13,15H2,1-4H3. The lowest BCUT2D eigenvalue weighted by Gasteiger charge is -2.22. The fourth-order valence-corrected chi connectivity index (χ4v) is 3.02. The zero-order valence-corrected chi connectivity index (χ0v) is 17.0. The van der Waals surface area contributed by atoms with Gasteiger partial charge in [0.25, 0.3) is 0 Å². The Morgan fingerprint density at radius 1 is 0.857 bits per heavy atom. The summed E-state index contributed by atoms with van der Waals surface area (Å²) >= 11 is 0. The van der Waals surface area contributed by atoms with Crippen LogP contribution in [-0.2, 0) is 16.1 Å². The number of aliphatic hydroxyl groups is 1. The molecule has 2 aromatic carbocycles. The molecular formula is C22H30O6. The van der Waals surface area contributed by atoms with Crippen LogP contribution < -0.4 is 14.2 Å². The monoisotopic (exact) mass is 390 g/mol. The van der Waals surface area contributed by atoms with Crippen molar-refractivity contribution in [3.8, 4) is 17.2 Å². The first-order chi connectivity index (χ1) is 13.6. The fourth-order valence-electron chi connectivity index (χ4n) is 3.02. The van der Waals surface area contributed by atoms with Crippen molar-refractivity contribution in [1.29, 1.82) is 0 Å². The van der Waals surface area contributed by atoms with Crippen LogP contribution in [0.3, 0.4) is 0 Å². The van der Waals surface area contributed by atoms with Crippen molar-refractivity contribution in [2.75, 3.05) is 35.0 Å². The molecule has 0 aliphatic heterocycles. The normalized spacial score (nSPS) is 13.0. The highest BCUT2D eigenvalue weighted by atomic mass is 16.5. The van der Waals surface area contributed by atoms with Gasteiger partial charge in [-0.1, -0.05) is 18.2 Å². The van der Waals surface area contributed by atoms with Crippen LogP contribution in [0.15, 0.2) is 42.5 Å². The predicted octanol–water partition coefficient (Wildman–Crippen LogP) is 3.76. The molecule has 2 atom stereocenters. The van der Waals surface area contributed by atoms with Crippen LogP contribution in [0.4, 0.5) is 0 Å². The third-order valence-electron chi connectivity index (χ3n) is 4.55. The minimum atomic E-state index is -0.608. The summed E-state index contributed by atoms with van der Waals surface area (Å²) in [6.45, 7) is 1.02. The summed E-state index contributed by atoms with van der Waals surface area (Å²) in [5, 5.41) is 10.5. The molecule has 0 heterocycles. The maximum absolute atomic E-state index is 10.5. The third-order valence-corrected chi connectivity index (χ3v) is 4.55. The molecule has 2 aromatic rings. The number of rotatable bonds is 12. The highest BCUT2D eigenvalue weighted by Gasteiger charge is 2.20. The minimum absolute atomic E-state index is 0.378. The van der Waals surface area contributed by atoms with Gasteiger partial charge in [-0.05, 0) is 48.2 Å². The van der Waals surface area contributed by atoms with Gasteiger partial charge >= 0.3 is 0 Å². The molecule has 28 heavy (non-hydrogen) atoms. The van der Waals surface area contributed by atoms with E-state index in [1.807, 2.05) is 42.5 Å². The van der Waals surface area contributed by atoms with Gasteiger partial charge in [-0.2, -0.15) is 0 Å². The van der Waals surface area contributed by atoms with Crippen molar-refractivity contribution in [3.05, 3.63) is 53.6 Å². The van der Waals surface area contributed by atoms with Crippen LogP contribution in [0.5, 0.6) is 17.2 Å². The Kier molecular flexibility index (Phi) is 9.07. The Hall–Kier alpha value is -2.28. The van der Waals surface area contributed by atoms with Crippen molar-refractivity contribution in [3.63, 3.8) is 0 Å². The molecule has 0 saturated heterocycles. The summed E-state index contributed by atoms with van der Waals surface area (Å²) in [4.78, 5) is 0.